The number of hydrogen-bond acceptors (Lipinski definition) is 3. The van der Waals surface area contributed by atoms with Crippen molar-refractivity contribution in [3.63, 3.8) is 0 Å². The van der Waals surface area contributed by atoms with Crippen LogP contribution in [0.3, 0.4) is 0 Å². The quantitative estimate of drug-likeness (QED) is 0.760. The highest BCUT2D eigenvalue weighted by Crippen LogP contribution is 2.11. The van der Waals surface area contributed by atoms with Crippen LogP contribution in [0.2, 0.25) is 0 Å². The number of amides is 1. The maximum absolute atomic E-state index is 11.1. The van der Waals surface area contributed by atoms with Gasteiger partial charge in [-0.25, -0.2) is 0 Å². The first-order valence-electron chi connectivity index (χ1n) is 5.49. The van der Waals surface area contributed by atoms with E-state index >= 15 is 0 Å². The predicted molar refractivity (Wildman–Crippen MR) is 62.8 cm³/mol. The van der Waals surface area contributed by atoms with Crippen LogP contribution in [0.4, 0.5) is 0 Å². The van der Waals surface area contributed by atoms with Crippen molar-refractivity contribution >= 4 is 5.91 Å². The minimum absolute atomic E-state index is 0.265. The molecule has 90 valence electrons. The summed E-state index contributed by atoms with van der Waals surface area (Å²) in [6.45, 7) is 6.55. The van der Waals surface area contributed by atoms with Crippen LogP contribution in [0.5, 0.6) is 0 Å². The van der Waals surface area contributed by atoms with Crippen LogP contribution < -0.4 is 11.1 Å². The third-order valence-electron chi connectivity index (χ3n) is 2.94. The lowest BCUT2D eigenvalue weighted by atomic mass is 10.1. The Morgan fingerprint density at radius 1 is 1.56 bits per heavy atom. The molecule has 5 heteroatoms. The lowest BCUT2D eigenvalue weighted by molar-refractivity contribution is -0.120. The summed E-state index contributed by atoms with van der Waals surface area (Å²) in [6, 6.07) is -0.265. The monoisotopic (exact) mass is 224 g/mol. The molecule has 0 bridgehead atoms. The van der Waals surface area contributed by atoms with Crippen molar-refractivity contribution in [3.8, 4) is 0 Å². The molecular weight excluding hydrogens is 204 g/mol. The fraction of sp³-hybridized carbons (Fsp3) is 0.636. The minimum atomic E-state index is -0.304. The van der Waals surface area contributed by atoms with Crippen molar-refractivity contribution in [3.05, 3.63) is 17.0 Å². The number of nitrogens with zero attached hydrogens (tertiary/aromatic N) is 2. The molecule has 5 nitrogen and oxygen atoms in total. The molecule has 1 atom stereocenters. The summed E-state index contributed by atoms with van der Waals surface area (Å²) in [6.07, 6.45) is 0.702. The van der Waals surface area contributed by atoms with Gasteiger partial charge in [0.05, 0.1) is 11.7 Å². The molecule has 0 fully saturated rings. The molecule has 0 saturated heterocycles. The maximum atomic E-state index is 11.1. The van der Waals surface area contributed by atoms with Crippen LogP contribution in [0.1, 0.15) is 30.3 Å². The highest BCUT2D eigenvalue weighted by atomic mass is 16.1. The van der Waals surface area contributed by atoms with Gasteiger partial charge in [-0.2, -0.15) is 5.10 Å². The Balaban J connectivity index is 2.70. The van der Waals surface area contributed by atoms with Gasteiger partial charge in [0.25, 0.3) is 0 Å². The number of rotatable bonds is 5. The largest absolute Gasteiger partial charge is 0.368 e. The molecule has 0 spiro atoms. The second kappa shape index (κ2) is 5.12. The van der Waals surface area contributed by atoms with Crippen molar-refractivity contribution in [2.75, 3.05) is 0 Å². The average Bonchev–Trinajstić information content (AvgIpc) is 2.44. The molecule has 0 aliphatic rings. The van der Waals surface area contributed by atoms with Crippen molar-refractivity contribution < 1.29 is 4.79 Å². The van der Waals surface area contributed by atoms with Gasteiger partial charge in [-0.1, -0.05) is 6.92 Å². The Labute approximate surface area is 96.0 Å². The molecule has 3 N–H and O–H groups in total. The fourth-order valence-corrected chi connectivity index (χ4v) is 1.74. The summed E-state index contributed by atoms with van der Waals surface area (Å²) >= 11 is 0. The summed E-state index contributed by atoms with van der Waals surface area (Å²) in [5, 5.41) is 7.47. The number of primary amides is 1. The van der Waals surface area contributed by atoms with Crippen molar-refractivity contribution in [1.29, 1.82) is 0 Å². The molecule has 0 aliphatic heterocycles. The maximum Gasteiger partial charge on any atom is 0.234 e. The van der Waals surface area contributed by atoms with E-state index in [0.29, 0.717) is 13.0 Å². The minimum Gasteiger partial charge on any atom is -0.368 e. The van der Waals surface area contributed by atoms with Crippen LogP contribution in [-0.4, -0.2) is 21.7 Å². The SMILES string of the molecule is CCC(NCc1c(C)nn(C)c1C)C(N)=O. The molecule has 1 heterocycles. The van der Waals surface area contributed by atoms with Gasteiger partial charge in [-0.15, -0.1) is 0 Å². The number of nitrogens with two attached hydrogens (primary N) is 1. The third-order valence-corrected chi connectivity index (χ3v) is 2.94. The highest BCUT2D eigenvalue weighted by Gasteiger charge is 2.14. The van der Waals surface area contributed by atoms with Gasteiger partial charge in [-0.05, 0) is 20.3 Å². The van der Waals surface area contributed by atoms with E-state index in [9.17, 15) is 4.79 Å². The fourth-order valence-electron chi connectivity index (χ4n) is 1.74. The standard InChI is InChI=1S/C11H20N4O/c1-5-10(11(12)16)13-6-9-7(2)14-15(4)8(9)3/h10,13H,5-6H2,1-4H3,(H2,12,16). The Morgan fingerprint density at radius 2 is 2.19 bits per heavy atom. The van der Waals surface area contributed by atoms with E-state index in [-0.39, 0.29) is 11.9 Å². The number of carbonyl (C=O) groups is 1. The molecular formula is C11H20N4O. The second-order valence-corrected chi connectivity index (χ2v) is 4.02. The van der Waals surface area contributed by atoms with Gasteiger partial charge in [0.15, 0.2) is 0 Å². The first-order valence-corrected chi connectivity index (χ1v) is 5.49. The van der Waals surface area contributed by atoms with E-state index in [4.69, 9.17) is 5.73 Å². The van der Waals surface area contributed by atoms with E-state index in [1.165, 1.54) is 0 Å². The predicted octanol–water partition coefficient (Wildman–Crippen LogP) is 0.390. The Kier molecular flexibility index (Phi) is 4.06. The first-order chi connectivity index (χ1) is 7.47. The Bertz CT molecular complexity index is 384. The Morgan fingerprint density at radius 3 is 2.56 bits per heavy atom. The van der Waals surface area contributed by atoms with E-state index in [2.05, 4.69) is 10.4 Å². The smallest absolute Gasteiger partial charge is 0.234 e. The van der Waals surface area contributed by atoms with Crippen molar-refractivity contribution in [2.45, 2.75) is 39.8 Å². The zero-order valence-electron chi connectivity index (χ0n) is 10.4. The summed E-state index contributed by atoms with van der Waals surface area (Å²) in [5.41, 5.74) is 8.52. The molecule has 0 saturated carbocycles. The van der Waals surface area contributed by atoms with Gasteiger partial charge >= 0.3 is 0 Å². The summed E-state index contributed by atoms with van der Waals surface area (Å²) in [4.78, 5) is 11.1. The van der Waals surface area contributed by atoms with Crippen molar-refractivity contribution in [2.24, 2.45) is 12.8 Å². The van der Waals surface area contributed by atoms with Crippen LogP contribution in [-0.2, 0) is 18.4 Å². The number of nitrogens with one attached hydrogen (secondary N) is 1. The molecule has 16 heavy (non-hydrogen) atoms. The molecule has 1 rings (SSSR count). The zero-order valence-corrected chi connectivity index (χ0v) is 10.4. The van der Waals surface area contributed by atoms with E-state index < -0.39 is 0 Å². The molecule has 1 aromatic rings. The normalized spacial score (nSPS) is 12.8. The molecule has 1 aromatic heterocycles. The second-order valence-electron chi connectivity index (χ2n) is 4.02. The van der Waals surface area contributed by atoms with E-state index in [0.717, 1.165) is 17.0 Å². The average molecular weight is 224 g/mol. The van der Waals surface area contributed by atoms with Gasteiger partial charge in [0, 0.05) is 24.8 Å². The number of aromatic nitrogens is 2. The van der Waals surface area contributed by atoms with Gasteiger partial charge in [0.2, 0.25) is 5.91 Å². The zero-order chi connectivity index (χ0) is 12.3. The van der Waals surface area contributed by atoms with E-state index in [1.807, 2.05) is 32.5 Å². The molecule has 1 unspecified atom stereocenters. The number of carbonyl (C=O) groups excluding carboxylic acids is 1. The number of hydrogen-bond donors (Lipinski definition) is 2. The van der Waals surface area contributed by atoms with Gasteiger partial charge in [0.1, 0.15) is 0 Å². The molecule has 0 aliphatic carbocycles. The summed E-state index contributed by atoms with van der Waals surface area (Å²) < 4.78 is 1.84. The third kappa shape index (κ3) is 2.61. The molecule has 1 amide bonds. The van der Waals surface area contributed by atoms with Crippen molar-refractivity contribution in [1.82, 2.24) is 15.1 Å². The topological polar surface area (TPSA) is 72.9 Å². The summed E-state index contributed by atoms with van der Waals surface area (Å²) in [5.74, 6) is -0.304. The van der Waals surface area contributed by atoms with Gasteiger partial charge < -0.3 is 11.1 Å². The number of aryl methyl sites for hydroxylation is 2. The lowest BCUT2D eigenvalue weighted by Crippen LogP contribution is -2.40. The van der Waals surface area contributed by atoms with Gasteiger partial charge in [-0.3, -0.25) is 9.48 Å². The highest BCUT2D eigenvalue weighted by molar-refractivity contribution is 5.79. The van der Waals surface area contributed by atoms with Crippen LogP contribution in [0.25, 0.3) is 0 Å². The van der Waals surface area contributed by atoms with Crippen LogP contribution >= 0.6 is 0 Å². The van der Waals surface area contributed by atoms with Crippen LogP contribution in [0, 0.1) is 13.8 Å². The molecule has 0 radical (unpaired) electrons. The Hall–Kier alpha value is -1.36. The van der Waals surface area contributed by atoms with Crippen LogP contribution in [0.15, 0.2) is 0 Å². The summed E-state index contributed by atoms with van der Waals surface area (Å²) in [7, 11) is 1.91. The lowest BCUT2D eigenvalue weighted by Gasteiger charge is -2.13. The van der Waals surface area contributed by atoms with E-state index in [1.54, 1.807) is 0 Å². The molecule has 0 aromatic carbocycles. The first kappa shape index (κ1) is 12.7.